The minimum absolute atomic E-state index is 0.0928. The largest absolute Gasteiger partial charge is 0.462 e. The van der Waals surface area contributed by atoms with Crippen molar-refractivity contribution in [2.24, 2.45) is 17.3 Å². The van der Waals surface area contributed by atoms with E-state index in [4.69, 9.17) is 4.74 Å². The van der Waals surface area contributed by atoms with E-state index < -0.39 is 11.0 Å². The third-order valence-corrected chi connectivity index (χ3v) is 4.08. The average molecular weight is 242 g/mol. The average Bonchev–Trinajstić information content (AvgIpc) is 2.95. The van der Waals surface area contributed by atoms with Crippen LogP contribution in [0.2, 0.25) is 0 Å². The molecule has 0 saturated heterocycles. The fourth-order valence-corrected chi connectivity index (χ4v) is 2.11. The number of hydrogen-bond donors (Lipinski definition) is 1. The highest BCUT2D eigenvalue weighted by Crippen LogP contribution is 2.49. The lowest BCUT2D eigenvalue weighted by molar-refractivity contribution is -0.160. The topological polar surface area (TPSA) is 46.5 Å². The lowest BCUT2D eigenvalue weighted by atomic mass is 9.90. The standard InChI is InChI=1S/C14H26O3/c1-7-13(3,4)12(15)17-9(2)10-8-11(10)14(5,6)16/h9-11,16H,7-8H2,1-6H3. The van der Waals surface area contributed by atoms with Crippen LogP contribution < -0.4 is 0 Å². The minimum atomic E-state index is -0.661. The molecule has 3 heteroatoms. The predicted molar refractivity (Wildman–Crippen MR) is 67.5 cm³/mol. The Labute approximate surface area is 105 Å². The van der Waals surface area contributed by atoms with Crippen molar-refractivity contribution in [3.05, 3.63) is 0 Å². The van der Waals surface area contributed by atoms with Crippen LogP contribution in [0.15, 0.2) is 0 Å². The van der Waals surface area contributed by atoms with E-state index in [9.17, 15) is 9.90 Å². The maximum Gasteiger partial charge on any atom is 0.311 e. The molecule has 1 fully saturated rings. The third kappa shape index (κ3) is 3.44. The molecule has 0 aliphatic heterocycles. The third-order valence-electron chi connectivity index (χ3n) is 4.08. The molecule has 3 nitrogen and oxygen atoms in total. The van der Waals surface area contributed by atoms with E-state index in [-0.39, 0.29) is 18.0 Å². The molecule has 0 aromatic heterocycles. The van der Waals surface area contributed by atoms with Gasteiger partial charge in [0.2, 0.25) is 0 Å². The molecule has 3 atom stereocenters. The molecule has 0 amide bonds. The maximum absolute atomic E-state index is 11.9. The number of carbonyl (C=O) groups is 1. The van der Waals surface area contributed by atoms with Gasteiger partial charge in [-0.3, -0.25) is 4.79 Å². The monoisotopic (exact) mass is 242 g/mol. The van der Waals surface area contributed by atoms with Gasteiger partial charge in [-0.15, -0.1) is 0 Å². The van der Waals surface area contributed by atoms with Gasteiger partial charge in [-0.05, 0) is 53.4 Å². The number of aliphatic hydroxyl groups is 1. The van der Waals surface area contributed by atoms with Crippen molar-refractivity contribution in [2.75, 3.05) is 0 Å². The fraction of sp³-hybridized carbons (Fsp3) is 0.929. The SMILES string of the molecule is CCC(C)(C)C(=O)OC(C)C1CC1C(C)(C)O. The molecule has 1 aliphatic carbocycles. The second kappa shape index (κ2) is 4.60. The molecule has 0 radical (unpaired) electrons. The Morgan fingerprint density at radius 1 is 1.41 bits per heavy atom. The van der Waals surface area contributed by atoms with E-state index in [0.29, 0.717) is 5.92 Å². The van der Waals surface area contributed by atoms with Crippen LogP contribution in [-0.2, 0) is 9.53 Å². The zero-order valence-corrected chi connectivity index (χ0v) is 11.9. The summed E-state index contributed by atoms with van der Waals surface area (Å²) < 4.78 is 5.51. The van der Waals surface area contributed by atoms with Gasteiger partial charge in [0.1, 0.15) is 6.10 Å². The van der Waals surface area contributed by atoms with Crippen LogP contribution in [-0.4, -0.2) is 22.8 Å². The smallest absolute Gasteiger partial charge is 0.311 e. The Morgan fingerprint density at radius 3 is 2.29 bits per heavy atom. The molecule has 3 unspecified atom stereocenters. The predicted octanol–water partition coefficient (Wildman–Crippen LogP) is 2.76. The van der Waals surface area contributed by atoms with E-state index in [1.807, 2.05) is 41.5 Å². The second-order valence-corrected chi connectivity index (χ2v) is 6.51. The zero-order valence-electron chi connectivity index (χ0n) is 11.9. The molecule has 1 rings (SSSR count). The highest BCUT2D eigenvalue weighted by molar-refractivity contribution is 5.76. The molecule has 0 heterocycles. The number of ether oxygens (including phenoxy) is 1. The van der Waals surface area contributed by atoms with E-state index in [1.165, 1.54) is 0 Å². The van der Waals surface area contributed by atoms with E-state index >= 15 is 0 Å². The van der Waals surface area contributed by atoms with Crippen LogP contribution in [0.4, 0.5) is 0 Å². The molecule has 1 saturated carbocycles. The van der Waals surface area contributed by atoms with Crippen molar-refractivity contribution < 1.29 is 14.6 Å². The Hall–Kier alpha value is -0.570. The van der Waals surface area contributed by atoms with Gasteiger partial charge in [-0.25, -0.2) is 0 Å². The molecular formula is C14H26O3. The Balaban J connectivity index is 2.48. The summed E-state index contributed by atoms with van der Waals surface area (Å²) in [4.78, 5) is 11.9. The molecule has 17 heavy (non-hydrogen) atoms. The van der Waals surface area contributed by atoms with Crippen LogP contribution in [0.3, 0.4) is 0 Å². The number of hydrogen-bond acceptors (Lipinski definition) is 3. The van der Waals surface area contributed by atoms with E-state index in [2.05, 4.69) is 0 Å². The molecule has 0 aromatic rings. The number of rotatable bonds is 5. The molecule has 1 N–H and O–H groups in total. The lowest BCUT2D eigenvalue weighted by Crippen LogP contribution is -2.31. The molecule has 0 aromatic carbocycles. The number of esters is 1. The van der Waals surface area contributed by atoms with Crippen LogP contribution in [0, 0.1) is 17.3 Å². The zero-order chi connectivity index (χ0) is 13.4. The molecular weight excluding hydrogens is 216 g/mol. The Morgan fingerprint density at radius 2 is 1.94 bits per heavy atom. The molecule has 100 valence electrons. The van der Waals surface area contributed by atoms with Crippen LogP contribution >= 0.6 is 0 Å². The van der Waals surface area contributed by atoms with Gasteiger partial charge in [0.05, 0.1) is 11.0 Å². The van der Waals surface area contributed by atoms with Crippen molar-refractivity contribution in [3.8, 4) is 0 Å². The lowest BCUT2D eigenvalue weighted by Gasteiger charge is -2.25. The maximum atomic E-state index is 11.9. The first-order chi connectivity index (χ1) is 7.59. The van der Waals surface area contributed by atoms with Gasteiger partial charge in [-0.1, -0.05) is 6.92 Å². The second-order valence-electron chi connectivity index (χ2n) is 6.51. The molecule has 0 bridgehead atoms. The van der Waals surface area contributed by atoms with Crippen LogP contribution in [0.1, 0.15) is 54.4 Å². The van der Waals surface area contributed by atoms with E-state index in [0.717, 1.165) is 12.8 Å². The van der Waals surface area contributed by atoms with Gasteiger partial charge in [-0.2, -0.15) is 0 Å². The first kappa shape index (κ1) is 14.5. The fourth-order valence-electron chi connectivity index (χ4n) is 2.11. The van der Waals surface area contributed by atoms with Crippen LogP contribution in [0.25, 0.3) is 0 Å². The van der Waals surface area contributed by atoms with Gasteiger partial charge in [0, 0.05) is 5.92 Å². The first-order valence-corrected chi connectivity index (χ1v) is 6.53. The highest BCUT2D eigenvalue weighted by Gasteiger charge is 2.51. The van der Waals surface area contributed by atoms with Gasteiger partial charge in [0.25, 0.3) is 0 Å². The summed E-state index contributed by atoms with van der Waals surface area (Å²) in [5, 5.41) is 9.88. The quantitative estimate of drug-likeness (QED) is 0.754. The molecule has 1 aliphatic rings. The van der Waals surface area contributed by atoms with Crippen LogP contribution in [0.5, 0.6) is 0 Å². The van der Waals surface area contributed by atoms with Gasteiger partial charge >= 0.3 is 5.97 Å². The summed E-state index contributed by atoms with van der Waals surface area (Å²) in [6.45, 7) is 11.4. The first-order valence-electron chi connectivity index (χ1n) is 6.53. The van der Waals surface area contributed by atoms with E-state index in [1.54, 1.807) is 0 Å². The number of carbonyl (C=O) groups excluding carboxylic acids is 1. The Kier molecular flexibility index (Phi) is 3.92. The summed E-state index contributed by atoms with van der Waals surface area (Å²) in [6, 6.07) is 0. The van der Waals surface area contributed by atoms with Crippen molar-refractivity contribution >= 4 is 5.97 Å². The Bertz CT molecular complexity index is 288. The molecule has 0 spiro atoms. The van der Waals surface area contributed by atoms with Crippen molar-refractivity contribution in [3.63, 3.8) is 0 Å². The van der Waals surface area contributed by atoms with Crippen molar-refractivity contribution in [2.45, 2.75) is 66.1 Å². The summed E-state index contributed by atoms with van der Waals surface area (Å²) in [5.74, 6) is 0.440. The van der Waals surface area contributed by atoms with Gasteiger partial charge < -0.3 is 9.84 Å². The normalized spacial score (nSPS) is 26.5. The summed E-state index contributed by atoms with van der Waals surface area (Å²) >= 11 is 0. The summed E-state index contributed by atoms with van der Waals surface area (Å²) in [6.07, 6.45) is 1.63. The highest BCUT2D eigenvalue weighted by atomic mass is 16.5. The minimum Gasteiger partial charge on any atom is -0.462 e. The van der Waals surface area contributed by atoms with Crippen molar-refractivity contribution in [1.82, 2.24) is 0 Å². The summed E-state index contributed by atoms with van der Waals surface area (Å²) in [5.41, 5.74) is -1.07. The summed E-state index contributed by atoms with van der Waals surface area (Å²) in [7, 11) is 0. The van der Waals surface area contributed by atoms with Gasteiger partial charge in [0.15, 0.2) is 0 Å². The van der Waals surface area contributed by atoms with Crippen molar-refractivity contribution in [1.29, 1.82) is 0 Å².